The highest BCUT2D eigenvalue weighted by atomic mass is 32.2. The second-order valence-electron chi connectivity index (χ2n) is 4.47. The van der Waals surface area contributed by atoms with Crippen molar-refractivity contribution in [3.8, 4) is 0 Å². The lowest BCUT2D eigenvalue weighted by Crippen LogP contribution is -2.33. The van der Waals surface area contributed by atoms with Crippen LogP contribution in [0.2, 0.25) is 0 Å². The zero-order valence-corrected chi connectivity index (χ0v) is 13.9. The van der Waals surface area contributed by atoms with Crippen LogP contribution in [0.1, 0.15) is 41.9 Å². The van der Waals surface area contributed by atoms with Crippen LogP contribution >= 0.6 is 11.3 Å². The number of hydrogen-bond acceptors (Lipinski definition) is 5. The molecule has 0 spiro atoms. The molecule has 114 valence electrons. The third kappa shape index (κ3) is 3.39. The summed E-state index contributed by atoms with van der Waals surface area (Å²) >= 11 is 1.11. The second kappa shape index (κ2) is 7.19. The molecule has 0 fully saturated rings. The Morgan fingerprint density at radius 3 is 2.30 bits per heavy atom. The van der Waals surface area contributed by atoms with Crippen LogP contribution in [-0.4, -0.2) is 38.9 Å². The van der Waals surface area contributed by atoms with E-state index in [4.69, 9.17) is 0 Å². The Morgan fingerprint density at radius 2 is 1.85 bits per heavy atom. The van der Waals surface area contributed by atoms with Gasteiger partial charge in [0.25, 0.3) is 0 Å². The first-order valence-corrected chi connectivity index (χ1v) is 8.88. The smallest absolute Gasteiger partial charge is 0.349 e. The molecular weight excluding hydrogens is 298 g/mol. The minimum Gasteiger partial charge on any atom is -0.465 e. The van der Waals surface area contributed by atoms with Gasteiger partial charge in [-0.3, -0.25) is 0 Å². The fourth-order valence-electron chi connectivity index (χ4n) is 1.97. The Balaban J connectivity index is 3.33. The zero-order chi connectivity index (χ0) is 15.3. The minimum absolute atomic E-state index is 0.0938. The summed E-state index contributed by atoms with van der Waals surface area (Å²) in [6.07, 6.45) is 1.46. The van der Waals surface area contributed by atoms with Crippen LogP contribution in [-0.2, 0) is 14.8 Å². The summed E-state index contributed by atoms with van der Waals surface area (Å²) < 4.78 is 31.6. The van der Waals surface area contributed by atoms with Gasteiger partial charge in [-0.15, -0.1) is 11.3 Å². The largest absolute Gasteiger partial charge is 0.465 e. The van der Waals surface area contributed by atoms with Gasteiger partial charge in [-0.05, 0) is 30.7 Å². The Kier molecular flexibility index (Phi) is 6.16. The van der Waals surface area contributed by atoms with Gasteiger partial charge in [-0.2, -0.15) is 4.31 Å². The molecule has 0 radical (unpaired) electrons. The van der Waals surface area contributed by atoms with E-state index in [0.29, 0.717) is 18.7 Å². The van der Waals surface area contributed by atoms with Crippen LogP contribution in [0.3, 0.4) is 0 Å². The normalized spacial score (nSPS) is 11.8. The average Bonchev–Trinajstić information content (AvgIpc) is 2.80. The lowest BCUT2D eigenvalue weighted by atomic mass is 10.3. The molecule has 5 nitrogen and oxygen atoms in total. The first-order valence-electron chi connectivity index (χ1n) is 6.56. The topological polar surface area (TPSA) is 63.7 Å². The molecule has 7 heteroatoms. The maximum absolute atomic E-state index is 12.8. The zero-order valence-electron chi connectivity index (χ0n) is 12.3. The van der Waals surface area contributed by atoms with Crippen LogP contribution in [0.4, 0.5) is 0 Å². The molecule has 0 atom stereocenters. The number of hydrogen-bond donors (Lipinski definition) is 0. The predicted molar refractivity (Wildman–Crippen MR) is 79.7 cm³/mol. The Hall–Kier alpha value is -0.920. The van der Waals surface area contributed by atoms with Gasteiger partial charge >= 0.3 is 5.97 Å². The van der Waals surface area contributed by atoms with Gasteiger partial charge in [0, 0.05) is 13.1 Å². The highest BCUT2D eigenvalue weighted by molar-refractivity contribution is 7.89. The van der Waals surface area contributed by atoms with Crippen molar-refractivity contribution in [1.29, 1.82) is 0 Å². The molecule has 0 aliphatic heterocycles. The molecule has 20 heavy (non-hydrogen) atoms. The molecule has 0 unspecified atom stereocenters. The van der Waals surface area contributed by atoms with E-state index in [1.165, 1.54) is 11.4 Å². The van der Waals surface area contributed by atoms with Crippen molar-refractivity contribution in [3.63, 3.8) is 0 Å². The van der Waals surface area contributed by atoms with Crippen molar-refractivity contribution < 1.29 is 17.9 Å². The Bertz CT molecular complexity index is 557. The summed E-state index contributed by atoms with van der Waals surface area (Å²) in [5.74, 6) is -0.602. The third-order valence-electron chi connectivity index (χ3n) is 2.83. The minimum atomic E-state index is -3.66. The van der Waals surface area contributed by atoms with Gasteiger partial charge in [0.15, 0.2) is 0 Å². The number of carbonyl (C=O) groups is 1. The molecule has 1 heterocycles. The summed E-state index contributed by atoms with van der Waals surface area (Å²) in [5.41, 5.74) is 0.590. The number of carbonyl (C=O) groups excluding carboxylic acids is 1. The van der Waals surface area contributed by atoms with Crippen molar-refractivity contribution in [2.45, 2.75) is 38.5 Å². The van der Waals surface area contributed by atoms with Crippen molar-refractivity contribution in [3.05, 3.63) is 15.8 Å². The van der Waals surface area contributed by atoms with E-state index in [1.807, 2.05) is 13.8 Å². The number of nitrogens with zero attached hydrogens (tertiary/aromatic N) is 1. The molecule has 0 aliphatic rings. The number of sulfonamides is 1. The number of aryl methyl sites for hydroxylation is 1. The van der Waals surface area contributed by atoms with Gasteiger partial charge in [0.05, 0.1) is 7.11 Å². The fraction of sp³-hybridized carbons (Fsp3) is 0.615. The number of methoxy groups -OCH3 is 1. The van der Waals surface area contributed by atoms with Crippen molar-refractivity contribution in [1.82, 2.24) is 4.31 Å². The van der Waals surface area contributed by atoms with Gasteiger partial charge in [0.1, 0.15) is 9.77 Å². The van der Waals surface area contributed by atoms with E-state index in [0.717, 1.165) is 24.2 Å². The molecule has 0 saturated heterocycles. The van der Waals surface area contributed by atoms with Crippen LogP contribution in [0.15, 0.2) is 10.3 Å². The van der Waals surface area contributed by atoms with Crippen LogP contribution < -0.4 is 0 Å². The quantitative estimate of drug-likeness (QED) is 0.725. The van der Waals surface area contributed by atoms with Gasteiger partial charge < -0.3 is 4.74 Å². The van der Waals surface area contributed by atoms with Gasteiger partial charge in [0.2, 0.25) is 10.0 Å². The standard InChI is InChI=1S/C13H21NO4S2/c1-5-7-14(8-6-2)20(16,17)12-10(3)9-19-11(12)13(15)18-4/h9H,5-8H2,1-4H3. The maximum atomic E-state index is 12.8. The van der Waals surface area contributed by atoms with E-state index < -0.39 is 16.0 Å². The highest BCUT2D eigenvalue weighted by Crippen LogP contribution is 2.30. The predicted octanol–water partition coefficient (Wildman–Crippen LogP) is 2.65. The van der Waals surface area contributed by atoms with Crippen molar-refractivity contribution in [2.24, 2.45) is 0 Å². The van der Waals surface area contributed by atoms with Crippen LogP contribution in [0.25, 0.3) is 0 Å². The lowest BCUT2D eigenvalue weighted by molar-refractivity contribution is 0.0602. The molecule has 0 aromatic carbocycles. The van der Waals surface area contributed by atoms with E-state index >= 15 is 0 Å². The fourth-order valence-corrected chi connectivity index (χ4v) is 5.25. The van der Waals surface area contributed by atoms with Gasteiger partial charge in [-0.25, -0.2) is 13.2 Å². The van der Waals surface area contributed by atoms with Gasteiger partial charge in [-0.1, -0.05) is 13.8 Å². The molecule has 0 N–H and O–H groups in total. The monoisotopic (exact) mass is 319 g/mol. The van der Waals surface area contributed by atoms with Crippen molar-refractivity contribution in [2.75, 3.05) is 20.2 Å². The summed E-state index contributed by atoms with van der Waals surface area (Å²) in [5, 5.41) is 1.68. The van der Waals surface area contributed by atoms with E-state index in [9.17, 15) is 13.2 Å². The molecular formula is C13H21NO4S2. The number of esters is 1. The number of thiophene rings is 1. The van der Waals surface area contributed by atoms with E-state index in [2.05, 4.69) is 4.74 Å². The second-order valence-corrected chi connectivity index (χ2v) is 7.23. The first kappa shape index (κ1) is 17.1. The molecule has 0 amide bonds. The molecule has 1 aromatic heterocycles. The molecule has 0 aliphatic carbocycles. The summed E-state index contributed by atoms with van der Waals surface area (Å²) in [6, 6.07) is 0. The Morgan fingerprint density at radius 1 is 1.30 bits per heavy atom. The lowest BCUT2D eigenvalue weighted by Gasteiger charge is -2.21. The SMILES string of the molecule is CCCN(CCC)S(=O)(=O)c1c(C)csc1C(=O)OC. The van der Waals surface area contributed by atoms with Crippen LogP contribution in [0, 0.1) is 6.92 Å². The number of ether oxygens (including phenoxy) is 1. The van der Waals surface area contributed by atoms with E-state index in [-0.39, 0.29) is 9.77 Å². The summed E-state index contributed by atoms with van der Waals surface area (Å²) in [4.78, 5) is 12.0. The first-order chi connectivity index (χ1) is 9.39. The van der Waals surface area contributed by atoms with Crippen molar-refractivity contribution >= 4 is 27.3 Å². The number of rotatable bonds is 7. The van der Waals surface area contributed by atoms with E-state index in [1.54, 1.807) is 12.3 Å². The highest BCUT2D eigenvalue weighted by Gasteiger charge is 2.31. The molecule has 1 rings (SSSR count). The third-order valence-corrected chi connectivity index (χ3v) is 6.13. The Labute approximate surface area is 124 Å². The van der Waals surface area contributed by atoms with Crippen LogP contribution in [0.5, 0.6) is 0 Å². The average molecular weight is 319 g/mol. The maximum Gasteiger partial charge on any atom is 0.349 e. The molecule has 1 aromatic rings. The summed E-state index contributed by atoms with van der Waals surface area (Å²) in [6.45, 7) is 6.46. The molecule has 0 saturated carbocycles. The molecule has 0 bridgehead atoms. The summed E-state index contributed by atoms with van der Waals surface area (Å²) in [7, 11) is -2.40.